The van der Waals surface area contributed by atoms with Crippen LogP contribution >= 0.6 is 23.4 Å². The summed E-state index contributed by atoms with van der Waals surface area (Å²) in [5.41, 5.74) is 6.10. The molecule has 0 aliphatic heterocycles. The van der Waals surface area contributed by atoms with Gasteiger partial charge in [0.1, 0.15) is 0 Å². The number of fused-ring (bicyclic) bond motifs is 3. The van der Waals surface area contributed by atoms with E-state index in [0.29, 0.717) is 17.7 Å². The Morgan fingerprint density at radius 2 is 1.59 bits per heavy atom. The molecular formula is C34H35ClN2O3S. The molecule has 7 heteroatoms. The molecule has 1 heterocycles. The van der Waals surface area contributed by atoms with Crippen molar-refractivity contribution in [2.45, 2.75) is 58.9 Å². The molecule has 4 rings (SSSR count). The fourth-order valence-electron chi connectivity index (χ4n) is 4.86. The number of hydrogen-bond acceptors (Lipinski definition) is 5. The standard InChI is InChI=1S/C34H35ClN2O3S/c1-6-9-22(3)23(4)34(39)26-12-18-33-30(21-26)29-20-25(11-17-32(29)37(33)7-2)31(36-40-24(5)38)10-8-19-41-28-15-13-27(35)14-16-28/h6,9,11-18,20-21H,7-8,10,19H2,1-5H3. The van der Waals surface area contributed by atoms with E-state index >= 15 is 0 Å². The monoisotopic (exact) mass is 586 g/mol. The molecule has 41 heavy (non-hydrogen) atoms. The molecule has 0 bridgehead atoms. The number of carbonyl (C=O) groups excluding carboxylic acids is 2. The lowest BCUT2D eigenvalue weighted by atomic mass is 9.98. The van der Waals surface area contributed by atoms with Gasteiger partial charge in [-0.3, -0.25) is 4.79 Å². The van der Waals surface area contributed by atoms with Gasteiger partial charge in [-0.2, -0.15) is 0 Å². The number of allylic oxidation sites excluding steroid dienone is 4. The van der Waals surface area contributed by atoms with Crippen molar-refractivity contribution in [1.29, 1.82) is 0 Å². The molecule has 0 radical (unpaired) electrons. The number of oxime groups is 1. The van der Waals surface area contributed by atoms with Crippen LogP contribution in [0.1, 0.15) is 63.4 Å². The summed E-state index contributed by atoms with van der Waals surface area (Å²) in [5.74, 6) is 0.441. The van der Waals surface area contributed by atoms with Crippen molar-refractivity contribution in [2.75, 3.05) is 5.75 Å². The maximum Gasteiger partial charge on any atom is 0.331 e. The van der Waals surface area contributed by atoms with Crippen LogP contribution in [0.25, 0.3) is 21.8 Å². The van der Waals surface area contributed by atoms with E-state index in [1.54, 1.807) is 11.8 Å². The second-order valence-electron chi connectivity index (χ2n) is 9.87. The summed E-state index contributed by atoms with van der Waals surface area (Å²) >= 11 is 7.75. The molecule has 0 amide bonds. The Kier molecular flexibility index (Phi) is 10.2. The number of aryl methyl sites for hydroxylation is 1. The molecule has 0 N–H and O–H groups in total. The highest BCUT2D eigenvalue weighted by atomic mass is 35.5. The first-order valence-corrected chi connectivity index (χ1v) is 15.1. The molecular weight excluding hydrogens is 552 g/mol. The van der Waals surface area contributed by atoms with E-state index in [-0.39, 0.29) is 5.78 Å². The van der Waals surface area contributed by atoms with Gasteiger partial charge in [0.2, 0.25) is 0 Å². The van der Waals surface area contributed by atoms with Crippen molar-refractivity contribution in [3.8, 4) is 0 Å². The summed E-state index contributed by atoms with van der Waals surface area (Å²) in [5, 5.41) is 7.00. The largest absolute Gasteiger partial charge is 0.341 e. The highest BCUT2D eigenvalue weighted by Gasteiger charge is 2.17. The lowest BCUT2D eigenvalue weighted by Gasteiger charge is -2.08. The second-order valence-corrected chi connectivity index (χ2v) is 11.5. The van der Waals surface area contributed by atoms with Crippen LogP contribution in [0.5, 0.6) is 0 Å². The molecule has 0 unspecified atom stereocenters. The molecule has 0 spiro atoms. The van der Waals surface area contributed by atoms with Crippen LogP contribution in [0.4, 0.5) is 0 Å². The topological polar surface area (TPSA) is 60.7 Å². The molecule has 5 nitrogen and oxygen atoms in total. The highest BCUT2D eigenvalue weighted by molar-refractivity contribution is 7.99. The van der Waals surface area contributed by atoms with E-state index < -0.39 is 5.97 Å². The zero-order valence-corrected chi connectivity index (χ0v) is 25.7. The van der Waals surface area contributed by atoms with Gasteiger partial charge in [0.15, 0.2) is 5.78 Å². The van der Waals surface area contributed by atoms with Crippen LogP contribution < -0.4 is 0 Å². The van der Waals surface area contributed by atoms with Crippen LogP contribution in [0, 0.1) is 0 Å². The van der Waals surface area contributed by atoms with Crippen molar-refractivity contribution >= 4 is 62.6 Å². The van der Waals surface area contributed by atoms with Gasteiger partial charge >= 0.3 is 5.97 Å². The summed E-state index contributed by atoms with van der Waals surface area (Å²) in [6.45, 7) is 10.0. The number of thioether (sulfide) groups is 1. The third-order valence-electron chi connectivity index (χ3n) is 7.05. The van der Waals surface area contributed by atoms with Gasteiger partial charge in [-0.15, -0.1) is 11.8 Å². The summed E-state index contributed by atoms with van der Waals surface area (Å²) in [4.78, 5) is 31.2. The average Bonchev–Trinajstić information content (AvgIpc) is 3.29. The lowest BCUT2D eigenvalue weighted by Crippen LogP contribution is -2.05. The van der Waals surface area contributed by atoms with Crippen LogP contribution in [-0.2, 0) is 16.2 Å². The third kappa shape index (κ3) is 7.19. The van der Waals surface area contributed by atoms with Gasteiger partial charge < -0.3 is 9.40 Å². The number of carbonyl (C=O) groups is 2. The molecule has 0 fully saturated rings. The molecule has 212 valence electrons. The maximum atomic E-state index is 13.3. The molecule has 0 atom stereocenters. The SMILES string of the molecule is CC=CC(C)=C(C)C(=O)c1ccc2c(c1)c1cc(C(CCCSc3ccc(Cl)cc3)=NOC(C)=O)ccc1n2CC. The smallest absolute Gasteiger partial charge is 0.331 e. The first-order chi connectivity index (χ1) is 19.7. The number of halogens is 1. The van der Waals surface area contributed by atoms with Gasteiger partial charge in [-0.05, 0) is 112 Å². The summed E-state index contributed by atoms with van der Waals surface area (Å²) in [6.07, 6.45) is 5.39. The first-order valence-electron chi connectivity index (χ1n) is 13.8. The number of aromatic nitrogens is 1. The zero-order chi connectivity index (χ0) is 29.5. The van der Waals surface area contributed by atoms with E-state index in [1.165, 1.54) is 6.92 Å². The Labute approximate surface area is 250 Å². The minimum absolute atomic E-state index is 0.0198. The number of hydrogen-bond donors (Lipinski definition) is 0. The molecule has 4 aromatic rings. The summed E-state index contributed by atoms with van der Waals surface area (Å²) in [6, 6.07) is 19.9. The predicted molar refractivity (Wildman–Crippen MR) is 172 cm³/mol. The van der Waals surface area contributed by atoms with E-state index in [2.05, 4.69) is 28.8 Å². The number of ketones is 1. The van der Waals surface area contributed by atoms with Gasteiger partial charge in [0.25, 0.3) is 0 Å². The molecule has 0 aliphatic carbocycles. The fraction of sp³-hybridized carbons (Fsp3) is 0.265. The minimum Gasteiger partial charge on any atom is -0.341 e. The highest BCUT2D eigenvalue weighted by Crippen LogP contribution is 2.32. The van der Waals surface area contributed by atoms with Gasteiger partial charge in [0, 0.05) is 56.3 Å². The minimum atomic E-state index is -0.457. The normalized spacial score (nSPS) is 12.8. The second kappa shape index (κ2) is 13.8. The van der Waals surface area contributed by atoms with Crippen LogP contribution in [-0.4, -0.2) is 27.8 Å². The number of benzene rings is 3. The Bertz CT molecular complexity index is 1680. The van der Waals surface area contributed by atoms with E-state index in [4.69, 9.17) is 16.4 Å². The predicted octanol–water partition coefficient (Wildman–Crippen LogP) is 9.40. The van der Waals surface area contributed by atoms with Crippen LogP contribution in [0.3, 0.4) is 0 Å². The fourth-order valence-corrected chi connectivity index (χ4v) is 5.84. The number of rotatable bonds is 11. The van der Waals surface area contributed by atoms with E-state index in [0.717, 1.165) is 67.2 Å². The molecule has 1 aromatic heterocycles. The summed E-state index contributed by atoms with van der Waals surface area (Å²) < 4.78 is 2.25. The Morgan fingerprint density at radius 1 is 0.951 bits per heavy atom. The number of nitrogens with zero attached hydrogens (tertiary/aromatic N) is 2. The first kappa shape index (κ1) is 30.4. The molecule has 0 saturated heterocycles. The Morgan fingerprint density at radius 3 is 2.20 bits per heavy atom. The third-order valence-corrected chi connectivity index (χ3v) is 8.40. The zero-order valence-electron chi connectivity index (χ0n) is 24.2. The Hall–Kier alpha value is -3.61. The lowest BCUT2D eigenvalue weighted by molar-refractivity contribution is -0.140. The van der Waals surface area contributed by atoms with Crippen molar-refractivity contribution in [2.24, 2.45) is 5.16 Å². The van der Waals surface area contributed by atoms with Crippen LogP contribution in [0.2, 0.25) is 5.02 Å². The quantitative estimate of drug-likeness (QED) is 0.0257. The maximum absolute atomic E-state index is 13.3. The molecule has 3 aromatic carbocycles. The van der Waals surface area contributed by atoms with E-state index in [9.17, 15) is 9.59 Å². The van der Waals surface area contributed by atoms with Gasteiger partial charge in [0.05, 0.1) is 5.71 Å². The van der Waals surface area contributed by atoms with E-state index in [1.807, 2.05) is 81.5 Å². The van der Waals surface area contributed by atoms with Gasteiger partial charge in [-0.25, -0.2) is 4.79 Å². The Balaban J connectivity index is 1.69. The molecule has 0 saturated carbocycles. The van der Waals surface area contributed by atoms with Crippen LogP contribution in [0.15, 0.2) is 94.0 Å². The number of Topliss-reactive ketones (excluding diaryl/α,β-unsaturated/α-hetero) is 1. The van der Waals surface area contributed by atoms with Crippen molar-refractivity contribution in [3.05, 3.63) is 100 Å². The summed E-state index contributed by atoms with van der Waals surface area (Å²) in [7, 11) is 0. The van der Waals surface area contributed by atoms with Crippen molar-refractivity contribution in [1.82, 2.24) is 4.57 Å². The van der Waals surface area contributed by atoms with Gasteiger partial charge in [-0.1, -0.05) is 35.0 Å². The van der Waals surface area contributed by atoms with Crippen molar-refractivity contribution < 1.29 is 14.4 Å². The van der Waals surface area contributed by atoms with Crippen molar-refractivity contribution in [3.63, 3.8) is 0 Å². The molecule has 0 aliphatic rings. The average molecular weight is 587 g/mol.